The minimum absolute atomic E-state index is 0.0903. The number of nitrogens with zero attached hydrogens (tertiary/aromatic N) is 1. The number of aliphatic imine (C=N–C) groups is 1. The lowest BCUT2D eigenvalue weighted by molar-refractivity contribution is -0.139. The first kappa shape index (κ1) is 8.45. The van der Waals surface area contributed by atoms with Crippen molar-refractivity contribution in [1.29, 1.82) is 0 Å². The molecule has 0 aromatic heterocycles. The molecule has 0 aromatic carbocycles. The molecule has 5 nitrogen and oxygen atoms in total. The smallest absolute Gasteiger partial charge is 0.354 e. The van der Waals surface area contributed by atoms with Gasteiger partial charge in [-0.05, 0) is 6.42 Å². The Morgan fingerprint density at radius 3 is 2.50 bits per heavy atom. The number of carbonyl (C=O) groups is 2. The van der Waals surface area contributed by atoms with Crippen LogP contribution in [0.2, 0.25) is 0 Å². The molecule has 1 heterocycles. The van der Waals surface area contributed by atoms with Crippen LogP contribution in [0.1, 0.15) is 6.42 Å². The average Bonchev–Trinajstić information content (AvgIpc) is 2.04. The molecule has 0 aliphatic carbocycles. The van der Waals surface area contributed by atoms with Gasteiger partial charge in [0.15, 0.2) is 0 Å². The molecule has 0 bridgehead atoms. The minimum atomic E-state index is -1.13. The van der Waals surface area contributed by atoms with Crippen LogP contribution in [0, 0.1) is 5.92 Å². The SMILES string of the molecule is O=C(O)C1=CCC(C(=O)O)C=N1. The highest BCUT2D eigenvalue weighted by Crippen LogP contribution is 2.12. The molecule has 1 aliphatic rings. The summed E-state index contributed by atoms with van der Waals surface area (Å²) in [5.41, 5.74) is -0.0903. The van der Waals surface area contributed by atoms with Gasteiger partial charge < -0.3 is 10.2 Å². The van der Waals surface area contributed by atoms with Crippen LogP contribution < -0.4 is 0 Å². The van der Waals surface area contributed by atoms with Crippen molar-refractivity contribution in [2.45, 2.75) is 6.42 Å². The highest BCUT2D eigenvalue weighted by Gasteiger charge is 2.19. The molecule has 64 valence electrons. The zero-order valence-electron chi connectivity index (χ0n) is 6.10. The molecule has 0 amide bonds. The lowest BCUT2D eigenvalue weighted by atomic mass is 10.0. The van der Waals surface area contributed by atoms with Gasteiger partial charge in [0.2, 0.25) is 0 Å². The number of hydrogen-bond acceptors (Lipinski definition) is 3. The second kappa shape index (κ2) is 3.17. The van der Waals surface area contributed by atoms with E-state index >= 15 is 0 Å². The zero-order chi connectivity index (χ0) is 9.14. The third-order valence-electron chi connectivity index (χ3n) is 1.50. The Hall–Kier alpha value is -1.65. The van der Waals surface area contributed by atoms with Crippen molar-refractivity contribution in [2.75, 3.05) is 0 Å². The van der Waals surface area contributed by atoms with Gasteiger partial charge in [-0.25, -0.2) is 4.79 Å². The molecule has 12 heavy (non-hydrogen) atoms. The second-order valence-electron chi connectivity index (χ2n) is 2.35. The molecular formula is C7H7NO4. The van der Waals surface area contributed by atoms with E-state index in [1.54, 1.807) is 0 Å². The molecule has 0 radical (unpaired) electrons. The molecule has 0 spiro atoms. The van der Waals surface area contributed by atoms with Crippen LogP contribution in [0.4, 0.5) is 0 Å². The first-order valence-corrected chi connectivity index (χ1v) is 3.31. The highest BCUT2D eigenvalue weighted by molar-refractivity contribution is 5.95. The van der Waals surface area contributed by atoms with Crippen molar-refractivity contribution in [3.63, 3.8) is 0 Å². The Kier molecular flexibility index (Phi) is 2.23. The van der Waals surface area contributed by atoms with Crippen molar-refractivity contribution in [2.24, 2.45) is 10.9 Å². The summed E-state index contributed by atoms with van der Waals surface area (Å²) in [6.07, 6.45) is 2.65. The van der Waals surface area contributed by atoms with Gasteiger partial charge in [0.1, 0.15) is 5.70 Å². The highest BCUT2D eigenvalue weighted by atomic mass is 16.4. The van der Waals surface area contributed by atoms with Gasteiger partial charge >= 0.3 is 11.9 Å². The maximum absolute atomic E-state index is 10.4. The fraction of sp³-hybridized carbons (Fsp3) is 0.286. The quantitative estimate of drug-likeness (QED) is 0.615. The number of hydrogen-bond donors (Lipinski definition) is 2. The lowest BCUT2D eigenvalue weighted by Gasteiger charge is -2.07. The minimum Gasteiger partial charge on any atom is -0.481 e. The third-order valence-corrected chi connectivity index (χ3v) is 1.50. The van der Waals surface area contributed by atoms with Crippen molar-refractivity contribution in [3.8, 4) is 0 Å². The van der Waals surface area contributed by atoms with E-state index in [1.807, 2.05) is 0 Å². The van der Waals surface area contributed by atoms with E-state index < -0.39 is 17.9 Å². The van der Waals surface area contributed by atoms with E-state index in [-0.39, 0.29) is 12.1 Å². The van der Waals surface area contributed by atoms with Crippen LogP contribution in [-0.4, -0.2) is 28.4 Å². The monoisotopic (exact) mass is 169 g/mol. The standard InChI is InChI=1S/C7H7NO4/c9-6(10)4-1-2-5(7(11)12)8-3-4/h2-4H,1H2,(H,9,10)(H,11,12). The molecule has 1 unspecified atom stereocenters. The maximum Gasteiger partial charge on any atom is 0.354 e. The number of rotatable bonds is 2. The summed E-state index contributed by atoms with van der Waals surface area (Å²) in [6.45, 7) is 0. The molecule has 2 N–H and O–H groups in total. The van der Waals surface area contributed by atoms with Crippen molar-refractivity contribution < 1.29 is 19.8 Å². The first-order chi connectivity index (χ1) is 5.61. The average molecular weight is 169 g/mol. The first-order valence-electron chi connectivity index (χ1n) is 3.31. The van der Waals surface area contributed by atoms with Crippen LogP contribution in [0.3, 0.4) is 0 Å². The molecule has 1 rings (SSSR count). The largest absolute Gasteiger partial charge is 0.481 e. The molecule has 0 aromatic rings. The Morgan fingerprint density at radius 2 is 2.17 bits per heavy atom. The van der Waals surface area contributed by atoms with Gasteiger partial charge in [0.25, 0.3) is 0 Å². The van der Waals surface area contributed by atoms with Crippen LogP contribution in [0.15, 0.2) is 16.8 Å². The van der Waals surface area contributed by atoms with Crippen LogP contribution in [-0.2, 0) is 9.59 Å². The van der Waals surface area contributed by atoms with Gasteiger partial charge in [0.05, 0.1) is 5.92 Å². The van der Waals surface area contributed by atoms with Gasteiger partial charge in [0, 0.05) is 6.21 Å². The lowest BCUT2D eigenvalue weighted by Crippen LogP contribution is -2.18. The topological polar surface area (TPSA) is 87.0 Å². The Labute approximate surface area is 68.0 Å². The fourth-order valence-electron chi connectivity index (χ4n) is 0.830. The van der Waals surface area contributed by atoms with Crippen LogP contribution in [0.5, 0.6) is 0 Å². The van der Waals surface area contributed by atoms with Gasteiger partial charge in [-0.2, -0.15) is 0 Å². The summed E-state index contributed by atoms with van der Waals surface area (Å²) in [4.78, 5) is 24.2. The van der Waals surface area contributed by atoms with Crippen LogP contribution in [0.25, 0.3) is 0 Å². The van der Waals surface area contributed by atoms with E-state index in [0.717, 1.165) is 6.21 Å². The Morgan fingerprint density at radius 1 is 1.50 bits per heavy atom. The Bertz CT molecular complexity index is 279. The zero-order valence-corrected chi connectivity index (χ0v) is 6.10. The van der Waals surface area contributed by atoms with E-state index in [9.17, 15) is 9.59 Å². The predicted molar refractivity (Wildman–Crippen MR) is 40.0 cm³/mol. The summed E-state index contributed by atoms with van der Waals surface area (Å²) in [5.74, 6) is -2.80. The molecule has 1 aliphatic heterocycles. The van der Waals surface area contributed by atoms with Gasteiger partial charge in [-0.3, -0.25) is 9.79 Å². The number of carboxylic acids is 2. The Balaban J connectivity index is 2.68. The van der Waals surface area contributed by atoms with E-state index in [1.165, 1.54) is 6.08 Å². The summed E-state index contributed by atoms with van der Waals surface area (Å²) >= 11 is 0. The normalized spacial score (nSPS) is 21.7. The van der Waals surface area contributed by atoms with Crippen molar-refractivity contribution in [1.82, 2.24) is 0 Å². The number of allylic oxidation sites excluding steroid dienone is 1. The fourth-order valence-corrected chi connectivity index (χ4v) is 0.830. The second-order valence-corrected chi connectivity index (χ2v) is 2.35. The van der Waals surface area contributed by atoms with Crippen molar-refractivity contribution in [3.05, 3.63) is 11.8 Å². The molecule has 0 saturated heterocycles. The summed E-state index contributed by atoms with van der Waals surface area (Å²) in [6, 6.07) is 0. The summed E-state index contributed by atoms with van der Waals surface area (Å²) in [7, 11) is 0. The van der Waals surface area contributed by atoms with Gasteiger partial charge in [-0.15, -0.1) is 0 Å². The molecule has 1 atom stereocenters. The van der Waals surface area contributed by atoms with E-state index in [0.29, 0.717) is 0 Å². The summed E-state index contributed by atoms with van der Waals surface area (Å²) < 4.78 is 0. The van der Waals surface area contributed by atoms with Crippen LogP contribution >= 0.6 is 0 Å². The molecule has 5 heteroatoms. The van der Waals surface area contributed by atoms with E-state index in [2.05, 4.69) is 4.99 Å². The predicted octanol–water partition coefficient (Wildman–Crippen LogP) is 0.130. The third kappa shape index (κ3) is 1.69. The van der Waals surface area contributed by atoms with E-state index in [4.69, 9.17) is 10.2 Å². The molecule has 0 saturated carbocycles. The van der Waals surface area contributed by atoms with Crippen molar-refractivity contribution >= 4 is 18.2 Å². The summed E-state index contributed by atoms with van der Waals surface area (Å²) in [5, 5.41) is 16.9. The maximum atomic E-state index is 10.4. The number of carboxylic acid groups (broad SMARTS) is 2. The van der Waals surface area contributed by atoms with Gasteiger partial charge in [-0.1, -0.05) is 6.08 Å². The number of aliphatic carboxylic acids is 2. The molecular weight excluding hydrogens is 162 g/mol. The molecule has 0 fully saturated rings.